The SMILES string of the molecule is CCOc1nnc(CN(CCO)[C@H]2CCCc3ccccc32)s1. The lowest BCUT2D eigenvalue weighted by Crippen LogP contribution is -2.33. The van der Waals surface area contributed by atoms with E-state index in [1.165, 1.54) is 28.9 Å². The normalized spacial score (nSPS) is 17.3. The van der Waals surface area contributed by atoms with Gasteiger partial charge in [0.1, 0.15) is 5.01 Å². The van der Waals surface area contributed by atoms with Gasteiger partial charge in [0, 0.05) is 12.6 Å². The van der Waals surface area contributed by atoms with E-state index < -0.39 is 0 Å². The van der Waals surface area contributed by atoms with Gasteiger partial charge >= 0.3 is 0 Å². The van der Waals surface area contributed by atoms with Crippen molar-refractivity contribution in [2.45, 2.75) is 38.8 Å². The Balaban J connectivity index is 1.78. The summed E-state index contributed by atoms with van der Waals surface area (Å²) in [6.45, 7) is 4.03. The average Bonchev–Trinajstić information content (AvgIpc) is 3.01. The molecule has 5 nitrogen and oxygen atoms in total. The molecule has 1 atom stereocenters. The molecule has 0 fully saturated rings. The molecule has 0 radical (unpaired) electrons. The Kier molecular flexibility index (Phi) is 5.59. The van der Waals surface area contributed by atoms with E-state index in [2.05, 4.69) is 39.4 Å². The predicted molar refractivity (Wildman–Crippen MR) is 90.7 cm³/mol. The van der Waals surface area contributed by atoms with Gasteiger partial charge in [0.15, 0.2) is 0 Å². The van der Waals surface area contributed by atoms with Crippen LogP contribution in [0.25, 0.3) is 0 Å². The number of aryl methyl sites for hydroxylation is 1. The minimum absolute atomic E-state index is 0.149. The second kappa shape index (κ2) is 7.86. The molecule has 1 N–H and O–H groups in total. The van der Waals surface area contributed by atoms with Gasteiger partial charge in [-0.25, -0.2) is 0 Å². The summed E-state index contributed by atoms with van der Waals surface area (Å²) in [5, 5.41) is 19.3. The lowest BCUT2D eigenvalue weighted by atomic mass is 9.87. The van der Waals surface area contributed by atoms with E-state index >= 15 is 0 Å². The van der Waals surface area contributed by atoms with Crippen LogP contribution in [-0.4, -0.2) is 40.0 Å². The smallest absolute Gasteiger partial charge is 0.294 e. The second-order valence-corrected chi connectivity index (χ2v) is 6.72. The summed E-state index contributed by atoms with van der Waals surface area (Å²) in [4.78, 5) is 2.31. The summed E-state index contributed by atoms with van der Waals surface area (Å²) < 4.78 is 5.41. The van der Waals surface area contributed by atoms with Crippen molar-refractivity contribution in [3.8, 4) is 5.19 Å². The van der Waals surface area contributed by atoms with Crippen LogP contribution in [-0.2, 0) is 13.0 Å². The molecule has 1 heterocycles. The Bertz CT molecular complexity index is 632. The Labute approximate surface area is 140 Å². The molecule has 23 heavy (non-hydrogen) atoms. The monoisotopic (exact) mass is 333 g/mol. The highest BCUT2D eigenvalue weighted by molar-refractivity contribution is 7.13. The van der Waals surface area contributed by atoms with Crippen LogP contribution in [0, 0.1) is 0 Å². The quantitative estimate of drug-likeness (QED) is 0.844. The number of rotatable bonds is 7. The van der Waals surface area contributed by atoms with Crippen LogP contribution < -0.4 is 4.74 Å². The molecule has 0 amide bonds. The molecular formula is C17H23N3O2S. The van der Waals surface area contributed by atoms with Crippen molar-refractivity contribution in [3.63, 3.8) is 0 Å². The number of aliphatic hydroxyl groups is 1. The highest BCUT2D eigenvalue weighted by Crippen LogP contribution is 2.35. The number of ether oxygens (including phenoxy) is 1. The van der Waals surface area contributed by atoms with Gasteiger partial charge in [0.05, 0.1) is 19.8 Å². The predicted octanol–water partition coefficient (Wildman–Crippen LogP) is 2.81. The van der Waals surface area contributed by atoms with Crippen LogP contribution in [0.5, 0.6) is 5.19 Å². The van der Waals surface area contributed by atoms with Crippen LogP contribution in [0.1, 0.15) is 41.9 Å². The van der Waals surface area contributed by atoms with Gasteiger partial charge in [0.2, 0.25) is 0 Å². The van der Waals surface area contributed by atoms with Gasteiger partial charge in [0.25, 0.3) is 5.19 Å². The van der Waals surface area contributed by atoms with Crippen molar-refractivity contribution in [2.75, 3.05) is 19.8 Å². The van der Waals surface area contributed by atoms with Gasteiger partial charge in [-0.3, -0.25) is 4.90 Å². The zero-order valence-electron chi connectivity index (χ0n) is 13.4. The van der Waals surface area contributed by atoms with Crippen molar-refractivity contribution in [1.29, 1.82) is 0 Å². The van der Waals surface area contributed by atoms with Crippen LogP contribution in [0.3, 0.4) is 0 Å². The fraction of sp³-hybridized carbons (Fsp3) is 0.529. The summed E-state index contributed by atoms with van der Waals surface area (Å²) in [7, 11) is 0. The molecule has 1 aromatic heterocycles. The third kappa shape index (κ3) is 3.88. The standard InChI is InChI=1S/C17H23N3O2S/c1-2-22-17-19-18-16(23-17)12-20(10-11-21)15-9-5-7-13-6-3-4-8-14(13)15/h3-4,6,8,15,21H,2,5,7,9-12H2,1H3/t15-/m0/s1. The van der Waals surface area contributed by atoms with Crippen LogP contribution in [0.2, 0.25) is 0 Å². The summed E-state index contributed by atoms with van der Waals surface area (Å²) in [6.07, 6.45) is 3.45. The third-order valence-corrected chi connectivity index (χ3v) is 5.04. The van der Waals surface area contributed by atoms with E-state index in [1.807, 2.05) is 6.92 Å². The number of nitrogens with zero attached hydrogens (tertiary/aromatic N) is 3. The van der Waals surface area contributed by atoms with Crippen molar-refractivity contribution in [3.05, 3.63) is 40.4 Å². The summed E-state index contributed by atoms with van der Waals surface area (Å²) >= 11 is 1.49. The van der Waals surface area contributed by atoms with Crippen molar-refractivity contribution < 1.29 is 9.84 Å². The number of aliphatic hydroxyl groups excluding tert-OH is 1. The van der Waals surface area contributed by atoms with Gasteiger partial charge in [-0.05, 0) is 37.3 Å². The molecule has 1 aliphatic rings. The zero-order valence-corrected chi connectivity index (χ0v) is 14.3. The molecule has 0 saturated heterocycles. The average molecular weight is 333 g/mol. The maximum absolute atomic E-state index is 9.48. The molecule has 1 aliphatic carbocycles. The molecule has 1 aromatic carbocycles. The first-order valence-electron chi connectivity index (χ1n) is 8.19. The number of hydrogen-bond donors (Lipinski definition) is 1. The summed E-state index contributed by atoms with van der Waals surface area (Å²) in [5.41, 5.74) is 2.82. The molecule has 124 valence electrons. The Hall–Kier alpha value is -1.50. The van der Waals surface area contributed by atoms with Crippen LogP contribution >= 0.6 is 11.3 Å². The molecular weight excluding hydrogens is 310 g/mol. The lowest BCUT2D eigenvalue weighted by Gasteiger charge is -2.35. The molecule has 0 aliphatic heterocycles. The van der Waals surface area contributed by atoms with Gasteiger partial charge in [-0.15, -0.1) is 10.2 Å². The minimum Gasteiger partial charge on any atom is -0.469 e. The number of aromatic nitrogens is 2. The maximum atomic E-state index is 9.48. The lowest BCUT2D eigenvalue weighted by molar-refractivity contribution is 0.131. The van der Waals surface area contributed by atoms with E-state index in [9.17, 15) is 5.11 Å². The van der Waals surface area contributed by atoms with E-state index in [0.717, 1.165) is 17.8 Å². The molecule has 3 rings (SSSR count). The first-order valence-corrected chi connectivity index (χ1v) is 9.01. The Morgan fingerprint density at radius 3 is 3.04 bits per heavy atom. The third-order valence-electron chi connectivity index (χ3n) is 4.22. The molecule has 6 heteroatoms. The largest absolute Gasteiger partial charge is 0.469 e. The van der Waals surface area contributed by atoms with Gasteiger partial charge in [-0.1, -0.05) is 35.6 Å². The van der Waals surface area contributed by atoms with E-state index in [0.29, 0.717) is 30.9 Å². The molecule has 2 aromatic rings. The highest BCUT2D eigenvalue weighted by Gasteiger charge is 2.26. The zero-order chi connectivity index (χ0) is 16.1. The van der Waals surface area contributed by atoms with Crippen molar-refractivity contribution in [2.24, 2.45) is 0 Å². The van der Waals surface area contributed by atoms with Crippen molar-refractivity contribution in [1.82, 2.24) is 15.1 Å². The molecule has 0 saturated carbocycles. The first kappa shape index (κ1) is 16.4. The molecule has 0 unspecified atom stereocenters. The topological polar surface area (TPSA) is 58.5 Å². The van der Waals surface area contributed by atoms with E-state index in [1.54, 1.807) is 0 Å². The van der Waals surface area contributed by atoms with E-state index in [4.69, 9.17) is 4.74 Å². The summed E-state index contributed by atoms with van der Waals surface area (Å²) in [6, 6.07) is 8.99. The maximum Gasteiger partial charge on any atom is 0.294 e. The van der Waals surface area contributed by atoms with Crippen molar-refractivity contribution >= 4 is 11.3 Å². The number of hydrogen-bond acceptors (Lipinski definition) is 6. The van der Waals surface area contributed by atoms with Crippen LogP contribution in [0.4, 0.5) is 0 Å². The Morgan fingerprint density at radius 2 is 2.22 bits per heavy atom. The highest BCUT2D eigenvalue weighted by atomic mass is 32.1. The fourth-order valence-electron chi connectivity index (χ4n) is 3.24. The molecule has 0 bridgehead atoms. The first-order chi connectivity index (χ1) is 11.3. The van der Waals surface area contributed by atoms with Crippen LogP contribution in [0.15, 0.2) is 24.3 Å². The van der Waals surface area contributed by atoms with E-state index in [-0.39, 0.29) is 6.61 Å². The number of benzene rings is 1. The summed E-state index contributed by atoms with van der Waals surface area (Å²) in [5.74, 6) is 0. The second-order valence-electron chi connectivity index (χ2n) is 5.70. The fourth-order valence-corrected chi connectivity index (χ4v) is 4.01. The number of fused-ring (bicyclic) bond motifs is 1. The molecule has 0 spiro atoms. The minimum atomic E-state index is 0.149. The van der Waals surface area contributed by atoms with Gasteiger partial charge < -0.3 is 9.84 Å². The van der Waals surface area contributed by atoms with Gasteiger partial charge in [-0.2, -0.15) is 0 Å². The Morgan fingerprint density at radius 1 is 1.35 bits per heavy atom.